The number of allylic oxidation sites excluding steroid dienone is 1. The zero-order valence-electron chi connectivity index (χ0n) is 8.57. The maximum atomic E-state index is 11.7. The molecule has 1 aromatic rings. The van der Waals surface area contributed by atoms with Crippen LogP contribution in [0.25, 0.3) is 0 Å². The summed E-state index contributed by atoms with van der Waals surface area (Å²) in [5, 5.41) is 0.0995. The number of methoxy groups -OCH3 is 1. The van der Waals surface area contributed by atoms with Crippen LogP contribution in [0.5, 0.6) is 5.75 Å². The Bertz CT molecular complexity index is 401. The lowest BCUT2D eigenvalue weighted by Gasteiger charge is -2.06. The lowest BCUT2D eigenvalue weighted by molar-refractivity contribution is 0.398. The minimum atomic E-state index is -0.249. The monoisotopic (exact) mass is 228 g/mol. The summed E-state index contributed by atoms with van der Waals surface area (Å²) in [5.41, 5.74) is -0.249. The third-order valence-electron chi connectivity index (χ3n) is 1.96. The van der Waals surface area contributed by atoms with Crippen LogP contribution in [0.3, 0.4) is 0 Å². The molecule has 4 nitrogen and oxygen atoms in total. The van der Waals surface area contributed by atoms with Gasteiger partial charge in [-0.3, -0.25) is 9.36 Å². The Morgan fingerprint density at radius 1 is 1.73 bits per heavy atom. The maximum absolute atomic E-state index is 11.7. The lowest BCUT2D eigenvalue weighted by Crippen LogP contribution is -2.22. The minimum absolute atomic E-state index is 0.0952. The van der Waals surface area contributed by atoms with Gasteiger partial charge in [0.05, 0.1) is 13.4 Å². The number of ether oxygens (including phenoxy) is 1. The zero-order valence-corrected chi connectivity index (χ0v) is 9.33. The van der Waals surface area contributed by atoms with Crippen LogP contribution in [0.4, 0.5) is 0 Å². The summed E-state index contributed by atoms with van der Waals surface area (Å²) in [6.07, 6.45) is 4.94. The Morgan fingerprint density at radius 2 is 2.47 bits per heavy atom. The summed E-state index contributed by atoms with van der Waals surface area (Å²) < 4.78 is 6.36. The van der Waals surface area contributed by atoms with Crippen molar-refractivity contribution in [3.63, 3.8) is 0 Å². The molecule has 0 aliphatic heterocycles. The van der Waals surface area contributed by atoms with E-state index in [0.717, 1.165) is 12.8 Å². The van der Waals surface area contributed by atoms with Crippen LogP contribution in [0.2, 0.25) is 5.15 Å². The SMILES string of the molecule is C=CCCCn1cnc(Cl)c(OC)c1=O. The molecule has 1 rings (SSSR count). The predicted octanol–water partition coefficient (Wildman–Crippen LogP) is 1.87. The summed E-state index contributed by atoms with van der Waals surface area (Å²) >= 11 is 5.70. The van der Waals surface area contributed by atoms with Gasteiger partial charge in [0.15, 0.2) is 5.15 Å². The molecule has 0 aliphatic rings. The van der Waals surface area contributed by atoms with Crippen LogP contribution < -0.4 is 10.3 Å². The molecule has 0 bridgehead atoms. The minimum Gasteiger partial charge on any atom is -0.489 e. The van der Waals surface area contributed by atoms with E-state index < -0.39 is 0 Å². The van der Waals surface area contributed by atoms with Crippen LogP contribution in [-0.2, 0) is 6.54 Å². The van der Waals surface area contributed by atoms with Gasteiger partial charge in [-0.25, -0.2) is 4.98 Å². The molecule has 1 heterocycles. The van der Waals surface area contributed by atoms with Crippen molar-refractivity contribution in [3.8, 4) is 5.75 Å². The standard InChI is InChI=1S/C10H13ClN2O2/c1-3-4-5-6-13-7-12-9(11)8(15-2)10(13)14/h3,7H,1,4-6H2,2H3. The second-order valence-corrected chi connectivity index (χ2v) is 3.36. The van der Waals surface area contributed by atoms with E-state index in [1.54, 1.807) is 0 Å². The molecule has 0 aromatic carbocycles. The number of hydrogen-bond donors (Lipinski definition) is 0. The van der Waals surface area contributed by atoms with E-state index in [1.165, 1.54) is 18.0 Å². The molecule has 0 unspecified atom stereocenters. The molecule has 5 heteroatoms. The van der Waals surface area contributed by atoms with Crippen LogP contribution >= 0.6 is 11.6 Å². The smallest absolute Gasteiger partial charge is 0.297 e. The number of halogens is 1. The zero-order chi connectivity index (χ0) is 11.3. The Hall–Kier alpha value is -1.29. The third kappa shape index (κ3) is 2.83. The van der Waals surface area contributed by atoms with E-state index in [9.17, 15) is 4.79 Å². The number of unbranched alkanes of at least 4 members (excludes halogenated alkanes) is 1. The van der Waals surface area contributed by atoms with Crippen LogP contribution in [0, 0.1) is 0 Å². The van der Waals surface area contributed by atoms with Crippen molar-refractivity contribution in [3.05, 3.63) is 34.5 Å². The molecule has 1 aromatic heterocycles. The van der Waals surface area contributed by atoms with Crippen LogP contribution in [-0.4, -0.2) is 16.7 Å². The van der Waals surface area contributed by atoms with E-state index >= 15 is 0 Å². The van der Waals surface area contributed by atoms with Gasteiger partial charge in [0.25, 0.3) is 5.56 Å². The van der Waals surface area contributed by atoms with E-state index in [1.807, 2.05) is 6.08 Å². The number of rotatable bonds is 5. The first-order chi connectivity index (χ1) is 7.20. The highest BCUT2D eigenvalue weighted by molar-refractivity contribution is 6.30. The maximum Gasteiger partial charge on any atom is 0.297 e. The molecule has 0 fully saturated rings. The predicted molar refractivity (Wildman–Crippen MR) is 59.5 cm³/mol. The quantitative estimate of drug-likeness (QED) is 0.439. The topological polar surface area (TPSA) is 44.1 Å². The molecule has 82 valence electrons. The summed E-state index contributed by atoms with van der Waals surface area (Å²) in [6, 6.07) is 0. The Morgan fingerprint density at radius 3 is 3.07 bits per heavy atom. The highest BCUT2D eigenvalue weighted by Crippen LogP contribution is 2.14. The first-order valence-electron chi connectivity index (χ1n) is 4.60. The van der Waals surface area contributed by atoms with Crippen molar-refractivity contribution >= 4 is 11.6 Å². The van der Waals surface area contributed by atoms with Crippen molar-refractivity contribution in [2.24, 2.45) is 0 Å². The summed E-state index contributed by atoms with van der Waals surface area (Å²) in [7, 11) is 1.40. The molecule has 0 aliphatic carbocycles. The molecule has 0 radical (unpaired) electrons. The van der Waals surface area contributed by atoms with Crippen LogP contribution in [0.1, 0.15) is 12.8 Å². The van der Waals surface area contributed by atoms with Crippen molar-refractivity contribution < 1.29 is 4.74 Å². The Kier molecular flexibility index (Phi) is 4.37. The van der Waals surface area contributed by atoms with Gasteiger partial charge >= 0.3 is 0 Å². The fourth-order valence-electron chi connectivity index (χ4n) is 1.19. The van der Waals surface area contributed by atoms with E-state index in [2.05, 4.69) is 11.6 Å². The average molecular weight is 229 g/mol. The van der Waals surface area contributed by atoms with Gasteiger partial charge in [-0.15, -0.1) is 6.58 Å². The van der Waals surface area contributed by atoms with Gasteiger partial charge in [-0.2, -0.15) is 0 Å². The first-order valence-corrected chi connectivity index (χ1v) is 4.98. The summed E-state index contributed by atoms with van der Waals surface area (Å²) in [5.74, 6) is 0.0952. The van der Waals surface area contributed by atoms with Crippen molar-refractivity contribution in [2.75, 3.05) is 7.11 Å². The fraction of sp³-hybridized carbons (Fsp3) is 0.400. The molecule has 15 heavy (non-hydrogen) atoms. The lowest BCUT2D eigenvalue weighted by atomic mass is 10.3. The molecule has 0 atom stereocenters. The fourth-order valence-corrected chi connectivity index (χ4v) is 1.39. The van der Waals surface area contributed by atoms with Gasteiger partial charge in [0.1, 0.15) is 0 Å². The summed E-state index contributed by atoms with van der Waals surface area (Å²) in [6.45, 7) is 4.20. The highest BCUT2D eigenvalue weighted by atomic mass is 35.5. The van der Waals surface area contributed by atoms with Gasteiger partial charge in [0, 0.05) is 6.54 Å². The molecule has 0 saturated heterocycles. The van der Waals surface area contributed by atoms with E-state index in [4.69, 9.17) is 16.3 Å². The first kappa shape index (κ1) is 11.8. The molecule has 0 spiro atoms. The molecule has 0 N–H and O–H groups in total. The third-order valence-corrected chi connectivity index (χ3v) is 2.23. The number of hydrogen-bond acceptors (Lipinski definition) is 3. The van der Waals surface area contributed by atoms with Crippen LogP contribution in [0.15, 0.2) is 23.8 Å². The van der Waals surface area contributed by atoms with Gasteiger partial charge < -0.3 is 4.74 Å². The normalized spacial score (nSPS) is 10.0. The number of nitrogens with zero attached hydrogens (tertiary/aromatic N) is 2. The molecular formula is C10H13ClN2O2. The van der Waals surface area contributed by atoms with Crippen molar-refractivity contribution in [1.29, 1.82) is 0 Å². The van der Waals surface area contributed by atoms with Gasteiger partial charge in [-0.1, -0.05) is 17.7 Å². The second-order valence-electron chi connectivity index (χ2n) is 3.00. The van der Waals surface area contributed by atoms with Gasteiger partial charge in [0.2, 0.25) is 5.75 Å². The van der Waals surface area contributed by atoms with Crippen molar-refractivity contribution in [1.82, 2.24) is 9.55 Å². The van der Waals surface area contributed by atoms with Crippen molar-refractivity contribution in [2.45, 2.75) is 19.4 Å². The largest absolute Gasteiger partial charge is 0.489 e. The Balaban J connectivity index is 2.90. The molecular weight excluding hydrogens is 216 g/mol. The highest BCUT2D eigenvalue weighted by Gasteiger charge is 2.09. The van der Waals surface area contributed by atoms with Gasteiger partial charge in [-0.05, 0) is 12.8 Å². The number of aromatic nitrogens is 2. The number of aryl methyl sites for hydroxylation is 1. The van der Waals surface area contributed by atoms with E-state index in [0.29, 0.717) is 6.54 Å². The second kappa shape index (κ2) is 5.56. The summed E-state index contributed by atoms with van der Waals surface area (Å²) in [4.78, 5) is 15.6. The average Bonchev–Trinajstić information content (AvgIpc) is 2.22. The Labute approximate surface area is 93.2 Å². The molecule has 0 saturated carbocycles. The molecule has 0 amide bonds. The van der Waals surface area contributed by atoms with E-state index in [-0.39, 0.29) is 16.5 Å².